The Morgan fingerprint density at radius 1 is 1.14 bits per heavy atom. The van der Waals surface area contributed by atoms with E-state index in [1.807, 2.05) is 0 Å². The summed E-state index contributed by atoms with van der Waals surface area (Å²) >= 11 is 0. The Morgan fingerprint density at radius 3 is 2.55 bits per heavy atom. The minimum Gasteiger partial charge on any atom is -0.497 e. The first kappa shape index (κ1) is 19.9. The van der Waals surface area contributed by atoms with Crippen LogP contribution in [-0.4, -0.2) is 45.2 Å². The number of nitrogens with one attached hydrogen (secondary N) is 1. The summed E-state index contributed by atoms with van der Waals surface area (Å²) in [7, 11) is 3.20. The highest BCUT2D eigenvalue weighted by molar-refractivity contribution is 6.06. The maximum Gasteiger partial charge on any atom is 0.343 e. The molecule has 1 amide bonds. The van der Waals surface area contributed by atoms with E-state index in [0.717, 1.165) is 5.75 Å². The first-order valence-electron chi connectivity index (χ1n) is 8.82. The van der Waals surface area contributed by atoms with Crippen LogP contribution in [0.3, 0.4) is 0 Å². The third kappa shape index (κ3) is 4.72. The number of rotatable bonds is 8. The predicted octanol–water partition coefficient (Wildman–Crippen LogP) is 2.09. The number of nitrogens with zero attached hydrogens (tertiary/aromatic N) is 4. The lowest BCUT2D eigenvalue weighted by Gasteiger charge is -2.08. The average molecular weight is 399 g/mol. The number of amides is 1. The molecule has 0 spiro atoms. The van der Waals surface area contributed by atoms with Crippen LogP contribution in [0.5, 0.6) is 11.5 Å². The Kier molecular flexibility index (Phi) is 6.12. The van der Waals surface area contributed by atoms with Crippen LogP contribution in [0, 0.1) is 0 Å². The first-order chi connectivity index (χ1) is 14.0. The van der Waals surface area contributed by atoms with Crippen LogP contribution in [0.25, 0.3) is 0 Å². The van der Waals surface area contributed by atoms with Gasteiger partial charge in [0.1, 0.15) is 22.9 Å². The van der Waals surface area contributed by atoms with Crippen molar-refractivity contribution in [1.82, 2.24) is 19.6 Å². The van der Waals surface area contributed by atoms with Crippen molar-refractivity contribution >= 4 is 17.7 Å². The molecule has 2 heterocycles. The Hall–Kier alpha value is -3.82. The second kappa shape index (κ2) is 8.91. The third-order valence-electron chi connectivity index (χ3n) is 3.96. The van der Waals surface area contributed by atoms with E-state index in [1.54, 1.807) is 57.6 Å². The van der Waals surface area contributed by atoms with Crippen LogP contribution in [0.1, 0.15) is 27.8 Å². The zero-order valence-electron chi connectivity index (χ0n) is 16.3. The number of aryl methyl sites for hydroxylation is 1. The molecule has 10 heteroatoms. The molecule has 3 aromatic rings. The van der Waals surface area contributed by atoms with Crippen LogP contribution >= 0.6 is 0 Å². The Labute approximate surface area is 167 Å². The van der Waals surface area contributed by atoms with Crippen molar-refractivity contribution in [1.29, 1.82) is 0 Å². The summed E-state index contributed by atoms with van der Waals surface area (Å²) in [6, 6.07) is 8.66. The lowest BCUT2D eigenvalue weighted by atomic mass is 10.3. The molecule has 0 aliphatic heterocycles. The number of carbonyl (C=O) groups excluding carboxylic acids is 2. The number of benzene rings is 1. The second-order valence-corrected chi connectivity index (χ2v) is 5.89. The van der Waals surface area contributed by atoms with E-state index in [9.17, 15) is 9.59 Å². The van der Waals surface area contributed by atoms with Crippen molar-refractivity contribution in [3.63, 3.8) is 0 Å². The fourth-order valence-corrected chi connectivity index (χ4v) is 2.48. The Bertz CT molecular complexity index is 993. The van der Waals surface area contributed by atoms with Gasteiger partial charge in [0.15, 0.2) is 12.4 Å². The van der Waals surface area contributed by atoms with Crippen LogP contribution in [0.15, 0.2) is 42.7 Å². The quantitative estimate of drug-likeness (QED) is 0.578. The predicted molar refractivity (Wildman–Crippen MR) is 103 cm³/mol. The number of hydrogen-bond acceptors (Lipinski definition) is 7. The summed E-state index contributed by atoms with van der Waals surface area (Å²) in [5.74, 6) is 0.558. The molecule has 29 heavy (non-hydrogen) atoms. The van der Waals surface area contributed by atoms with Crippen molar-refractivity contribution < 1.29 is 23.8 Å². The number of methoxy groups -OCH3 is 1. The maximum absolute atomic E-state index is 12.5. The van der Waals surface area contributed by atoms with Crippen LogP contribution in [0.4, 0.5) is 5.82 Å². The van der Waals surface area contributed by atoms with Gasteiger partial charge in [-0.05, 0) is 37.3 Å². The van der Waals surface area contributed by atoms with Gasteiger partial charge in [-0.15, -0.1) is 0 Å². The first-order valence-corrected chi connectivity index (χ1v) is 8.82. The number of anilines is 1. The fourth-order valence-electron chi connectivity index (χ4n) is 2.48. The van der Waals surface area contributed by atoms with Crippen LogP contribution in [-0.2, 0) is 18.5 Å². The lowest BCUT2D eigenvalue weighted by Crippen LogP contribution is -2.18. The monoisotopic (exact) mass is 399 g/mol. The molecule has 0 aliphatic carbocycles. The molecule has 0 aliphatic rings. The molecule has 3 rings (SSSR count). The summed E-state index contributed by atoms with van der Waals surface area (Å²) in [6.45, 7) is 2.05. The van der Waals surface area contributed by atoms with Crippen LogP contribution < -0.4 is 14.8 Å². The van der Waals surface area contributed by atoms with Gasteiger partial charge in [-0.2, -0.15) is 10.2 Å². The zero-order valence-corrected chi connectivity index (χ0v) is 16.3. The number of esters is 1. The summed E-state index contributed by atoms with van der Waals surface area (Å²) in [6.07, 6.45) is 2.96. The minimum atomic E-state index is -0.561. The second-order valence-electron chi connectivity index (χ2n) is 5.89. The number of hydrogen-bond donors (Lipinski definition) is 1. The van der Waals surface area contributed by atoms with E-state index < -0.39 is 11.9 Å². The highest BCUT2D eigenvalue weighted by atomic mass is 16.5. The van der Waals surface area contributed by atoms with Crippen molar-refractivity contribution in [2.24, 2.45) is 7.05 Å². The van der Waals surface area contributed by atoms with E-state index in [2.05, 4.69) is 15.5 Å². The number of carbonyl (C=O) groups is 2. The van der Waals surface area contributed by atoms with Gasteiger partial charge < -0.3 is 19.5 Å². The molecule has 1 aromatic carbocycles. The molecule has 0 radical (unpaired) electrons. The molecular formula is C19H21N5O5. The van der Waals surface area contributed by atoms with Crippen molar-refractivity contribution in [3.8, 4) is 11.5 Å². The van der Waals surface area contributed by atoms with Gasteiger partial charge in [-0.1, -0.05) is 0 Å². The van der Waals surface area contributed by atoms with Gasteiger partial charge in [0.05, 0.1) is 19.9 Å². The smallest absolute Gasteiger partial charge is 0.343 e. The lowest BCUT2D eigenvalue weighted by molar-refractivity contribution is 0.0527. The van der Waals surface area contributed by atoms with Gasteiger partial charge in [0.25, 0.3) is 5.91 Å². The van der Waals surface area contributed by atoms with E-state index >= 15 is 0 Å². The molecule has 0 fully saturated rings. The molecule has 0 saturated heterocycles. The normalized spacial score (nSPS) is 10.4. The van der Waals surface area contributed by atoms with E-state index in [-0.39, 0.29) is 30.4 Å². The van der Waals surface area contributed by atoms with Crippen molar-refractivity contribution in [2.75, 3.05) is 19.0 Å². The molecule has 0 bridgehead atoms. The zero-order chi connectivity index (χ0) is 20.8. The highest BCUT2D eigenvalue weighted by Gasteiger charge is 2.20. The van der Waals surface area contributed by atoms with E-state index in [0.29, 0.717) is 5.75 Å². The molecule has 10 nitrogen and oxygen atoms in total. The SMILES string of the molecule is CCOC(=O)c1cnn(C)c1NC(=O)c1ccn(COc2ccc(OC)cc2)n1. The Morgan fingerprint density at radius 2 is 1.86 bits per heavy atom. The third-order valence-corrected chi connectivity index (χ3v) is 3.96. The summed E-state index contributed by atoms with van der Waals surface area (Å²) in [5, 5.41) is 10.8. The standard InChI is InChI=1S/C19H21N5O5/c1-4-28-19(26)15-11-20-23(2)17(15)21-18(25)16-9-10-24(22-16)12-29-14-7-5-13(27-3)6-8-14/h5-11H,4,12H2,1-3H3,(H,21,25). The van der Waals surface area contributed by atoms with Gasteiger partial charge in [-0.3, -0.25) is 9.48 Å². The molecule has 1 N–H and O–H groups in total. The number of aromatic nitrogens is 4. The molecule has 0 atom stereocenters. The average Bonchev–Trinajstić information content (AvgIpc) is 3.34. The molecule has 2 aromatic heterocycles. The van der Waals surface area contributed by atoms with E-state index in [4.69, 9.17) is 14.2 Å². The van der Waals surface area contributed by atoms with Gasteiger partial charge in [-0.25, -0.2) is 9.48 Å². The fraction of sp³-hybridized carbons (Fsp3) is 0.263. The largest absolute Gasteiger partial charge is 0.497 e. The molecule has 152 valence electrons. The maximum atomic E-state index is 12.5. The number of ether oxygens (including phenoxy) is 3. The minimum absolute atomic E-state index is 0.124. The topological polar surface area (TPSA) is 110 Å². The summed E-state index contributed by atoms with van der Waals surface area (Å²) in [5.41, 5.74) is 0.337. The summed E-state index contributed by atoms with van der Waals surface area (Å²) in [4.78, 5) is 24.5. The van der Waals surface area contributed by atoms with Gasteiger partial charge in [0, 0.05) is 13.2 Å². The highest BCUT2D eigenvalue weighted by Crippen LogP contribution is 2.18. The summed E-state index contributed by atoms with van der Waals surface area (Å²) < 4.78 is 18.6. The van der Waals surface area contributed by atoms with Crippen molar-refractivity contribution in [2.45, 2.75) is 13.7 Å². The Balaban J connectivity index is 1.63. The molecular weight excluding hydrogens is 378 g/mol. The van der Waals surface area contributed by atoms with Gasteiger partial charge in [0.2, 0.25) is 0 Å². The van der Waals surface area contributed by atoms with Crippen LogP contribution in [0.2, 0.25) is 0 Å². The van der Waals surface area contributed by atoms with E-state index in [1.165, 1.54) is 15.6 Å². The molecule has 0 unspecified atom stereocenters. The molecule has 0 saturated carbocycles. The van der Waals surface area contributed by atoms with Crippen molar-refractivity contribution in [3.05, 3.63) is 54.0 Å². The van der Waals surface area contributed by atoms with Gasteiger partial charge >= 0.3 is 5.97 Å².